The summed E-state index contributed by atoms with van der Waals surface area (Å²) < 4.78 is 0. The maximum Gasteiger partial charge on any atom is 0.245 e. The Hall–Kier alpha value is -0.790. The Labute approximate surface area is 68.9 Å². The van der Waals surface area contributed by atoms with Gasteiger partial charge in [0.1, 0.15) is 0 Å². The number of carbonyl (C=O) groups excluding carboxylic acids is 1. The van der Waals surface area contributed by atoms with Crippen LogP contribution in [-0.4, -0.2) is 24.4 Å². The molecule has 0 aliphatic rings. The van der Waals surface area contributed by atoms with Gasteiger partial charge in [-0.2, -0.15) is 0 Å². The summed E-state index contributed by atoms with van der Waals surface area (Å²) in [7, 11) is 1.82. The Morgan fingerprint density at radius 3 is 2.45 bits per heavy atom. The summed E-state index contributed by atoms with van der Waals surface area (Å²) in [5, 5.41) is 0. The number of amides is 1. The van der Waals surface area contributed by atoms with Crippen LogP contribution in [0.15, 0.2) is 12.2 Å². The van der Waals surface area contributed by atoms with Crippen LogP contribution >= 0.6 is 0 Å². The molecular weight excluding hydrogens is 138 g/mol. The van der Waals surface area contributed by atoms with Gasteiger partial charge in [-0.1, -0.05) is 19.9 Å². The van der Waals surface area contributed by atoms with Crippen molar-refractivity contribution < 1.29 is 4.79 Å². The summed E-state index contributed by atoms with van der Waals surface area (Å²) in [6.45, 7) is 6.86. The third-order valence-corrected chi connectivity index (χ3v) is 1.32. The molecule has 0 aromatic rings. The van der Waals surface area contributed by atoms with E-state index in [9.17, 15) is 4.79 Å². The van der Waals surface area contributed by atoms with Gasteiger partial charge >= 0.3 is 0 Å². The van der Waals surface area contributed by atoms with E-state index in [1.165, 1.54) is 0 Å². The molecule has 1 amide bonds. The maximum atomic E-state index is 11.1. The SMILES string of the molecule is CC=CC(=O)N(C)CC(C)C. The lowest BCUT2D eigenvalue weighted by molar-refractivity contribution is -0.125. The summed E-state index contributed by atoms with van der Waals surface area (Å²) in [4.78, 5) is 12.8. The Balaban J connectivity index is 3.83. The van der Waals surface area contributed by atoms with E-state index in [0.29, 0.717) is 5.92 Å². The van der Waals surface area contributed by atoms with E-state index in [0.717, 1.165) is 6.54 Å². The van der Waals surface area contributed by atoms with Crippen molar-refractivity contribution in [3.63, 3.8) is 0 Å². The lowest BCUT2D eigenvalue weighted by Crippen LogP contribution is -2.28. The van der Waals surface area contributed by atoms with Crippen molar-refractivity contribution in [2.45, 2.75) is 20.8 Å². The van der Waals surface area contributed by atoms with Crippen LogP contribution in [0.5, 0.6) is 0 Å². The first-order chi connectivity index (χ1) is 5.07. The van der Waals surface area contributed by atoms with Crippen molar-refractivity contribution in [2.24, 2.45) is 5.92 Å². The number of hydrogen-bond donors (Lipinski definition) is 0. The van der Waals surface area contributed by atoms with Gasteiger partial charge in [0.15, 0.2) is 0 Å². The van der Waals surface area contributed by atoms with Gasteiger partial charge in [-0.05, 0) is 18.9 Å². The normalized spacial score (nSPS) is 11.0. The number of nitrogens with zero attached hydrogens (tertiary/aromatic N) is 1. The van der Waals surface area contributed by atoms with Crippen LogP contribution in [0.2, 0.25) is 0 Å². The van der Waals surface area contributed by atoms with E-state index in [4.69, 9.17) is 0 Å². The van der Waals surface area contributed by atoms with Crippen LogP contribution in [0, 0.1) is 5.92 Å². The summed E-state index contributed by atoms with van der Waals surface area (Å²) in [6, 6.07) is 0. The molecule has 0 fully saturated rings. The van der Waals surface area contributed by atoms with Crippen LogP contribution in [0.25, 0.3) is 0 Å². The highest BCUT2D eigenvalue weighted by atomic mass is 16.2. The highest BCUT2D eigenvalue weighted by Gasteiger charge is 2.05. The molecule has 0 aliphatic carbocycles. The van der Waals surface area contributed by atoms with E-state index >= 15 is 0 Å². The molecule has 0 atom stereocenters. The Kier molecular flexibility index (Phi) is 4.59. The van der Waals surface area contributed by atoms with Crippen LogP contribution < -0.4 is 0 Å². The third-order valence-electron chi connectivity index (χ3n) is 1.32. The highest BCUT2D eigenvalue weighted by molar-refractivity contribution is 5.87. The van der Waals surface area contributed by atoms with Crippen LogP contribution in [0.3, 0.4) is 0 Å². The molecule has 0 radical (unpaired) electrons. The molecule has 0 saturated carbocycles. The molecule has 0 bridgehead atoms. The minimum Gasteiger partial charge on any atom is -0.342 e. The Bertz CT molecular complexity index is 150. The molecule has 0 N–H and O–H groups in total. The number of carbonyl (C=O) groups is 1. The monoisotopic (exact) mass is 155 g/mol. The fourth-order valence-electron chi connectivity index (χ4n) is 0.908. The second kappa shape index (κ2) is 4.94. The molecule has 0 aliphatic heterocycles. The Morgan fingerprint density at radius 2 is 2.09 bits per heavy atom. The fraction of sp³-hybridized carbons (Fsp3) is 0.667. The van der Waals surface area contributed by atoms with Crippen molar-refractivity contribution in [3.05, 3.63) is 12.2 Å². The van der Waals surface area contributed by atoms with Gasteiger partial charge in [0.2, 0.25) is 5.91 Å². The number of rotatable bonds is 3. The van der Waals surface area contributed by atoms with Gasteiger partial charge < -0.3 is 4.90 Å². The summed E-state index contributed by atoms with van der Waals surface area (Å²) in [6.07, 6.45) is 3.35. The molecular formula is C9H17NO. The largest absolute Gasteiger partial charge is 0.342 e. The predicted octanol–water partition coefficient (Wildman–Crippen LogP) is 1.68. The maximum absolute atomic E-state index is 11.1. The lowest BCUT2D eigenvalue weighted by Gasteiger charge is -2.16. The van der Waals surface area contributed by atoms with E-state index in [1.54, 1.807) is 17.1 Å². The number of hydrogen-bond acceptors (Lipinski definition) is 1. The summed E-state index contributed by atoms with van der Waals surface area (Å²) in [5.74, 6) is 0.621. The van der Waals surface area contributed by atoms with Crippen LogP contribution in [-0.2, 0) is 4.79 Å². The zero-order valence-corrected chi connectivity index (χ0v) is 7.79. The Morgan fingerprint density at radius 1 is 1.55 bits per heavy atom. The molecule has 0 heterocycles. The molecule has 2 nitrogen and oxygen atoms in total. The molecule has 0 aromatic carbocycles. The van der Waals surface area contributed by atoms with Gasteiger partial charge in [-0.25, -0.2) is 0 Å². The molecule has 0 saturated heterocycles. The molecule has 11 heavy (non-hydrogen) atoms. The van der Waals surface area contributed by atoms with E-state index < -0.39 is 0 Å². The summed E-state index contributed by atoms with van der Waals surface area (Å²) >= 11 is 0. The first kappa shape index (κ1) is 10.2. The van der Waals surface area contributed by atoms with Crippen molar-refractivity contribution in [1.82, 2.24) is 4.90 Å². The lowest BCUT2D eigenvalue weighted by atomic mass is 10.2. The van der Waals surface area contributed by atoms with Crippen molar-refractivity contribution in [1.29, 1.82) is 0 Å². The fourth-order valence-corrected chi connectivity index (χ4v) is 0.908. The number of allylic oxidation sites excluding steroid dienone is 1. The van der Waals surface area contributed by atoms with Gasteiger partial charge in [0, 0.05) is 13.6 Å². The summed E-state index contributed by atoms with van der Waals surface area (Å²) in [5.41, 5.74) is 0. The third kappa shape index (κ3) is 4.59. The van der Waals surface area contributed by atoms with Crippen molar-refractivity contribution in [2.75, 3.05) is 13.6 Å². The second-order valence-electron chi connectivity index (χ2n) is 3.11. The number of likely N-dealkylation sites (N-methyl/N-ethyl adjacent to an activating group) is 1. The predicted molar refractivity (Wildman–Crippen MR) is 47.3 cm³/mol. The quantitative estimate of drug-likeness (QED) is 0.568. The average Bonchev–Trinajstić information content (AvgIpc) is 1.86. The molecule has 64 valence electrons. The molecule has 0 aromatic heterocycles. The zero-order chi connectivity index (χ0) is 8.85. The highest BCUT2D eigenvalue weighted by Crippen LogP contribution is 1.96. The van der Waals surface area contributed by atoms with Crippen LogP contribution in [0.4, 0.5) is 0 Å². The molecule has 2 heteroatoms. The minimum absolute atomic E-state index is 0.0844. The van der Waals surface area contributed by atoms with Crippen molar-refractivity contribution >= 4 is 5.91 Å². The first-order valence-electron chi connectivity index (χ1n) is 3.95. The smallest absolute Gasteiger partial charge is 0.245 e. The van der Waals surface area contributed by atoms with E-state index in [2.05, 4.69) is 13.8 Å². The molecule has 0 unspecified atom stereocenters. The van der Waals surface area contributed by atoms with Gasteiger partial charge in [-0.3, -0.25) is 4.79 Å². The van der Waals surface area contributed by atoms with Gasteiger partial charge in [0.05, 0.1) is 0 Å². The van der Waals surface area contributed by atoms with Gasteiger partial charge in [0.25, 0.3) is 0 Å². The minimum atomic E-state index is 0.0844. The first-order valence-corrected chi connectivity index (χ1v) is 3.95. The van der Waals surface area contributed by atoms with E-state index in [1.807, 2.05) is 14.0 Å². The second-order valence-corrected chi connectivity index (χ2v) is 3.11. The standard InChI is InChI=1S/C9H17NO/c1-5-6-9(11)10(4)7-8(2)3/h5-6,8H,7H2,1-4H3. The molecule has 0 spiro atoms. The van der Waals surface area contributed by atoms with Gasteiger partial charge in [-0.15, -0.1) is 0 Å². The van der Waals surface area contributed by atoms with E-state index in [-0.39, 0.29) is 5.91 Å². The van der Waals surface area contributed by atoms with Crippen molar-refractivity contribution in [3.8, 4) is 0 Å². The zero-order valence-electron chi connectivity index (χ0n) is 7.79. The molecule has 0 rings (SSSR count). The van der Waals surface area contributed by atoms with Crippen LogP contribution in [0.1, 0.15) is 20.8 Å². The average molecular weight is 155 g/mol. The topological polar surface area (TPSA) is 20.3 Å².